The number of hydrogen-bond acceptors (Lipinski definition) is 3. The van der Waals surface area contributed by atoms with Gasteiger partial charge in [0.25, 0.3) is 0 Å². The number of aryl methyl sites for hydroxylation is 3. The van der Waals surface area contributed by atoms with Crippen LogP contribution in [0.2, 0.25) is 0 Å². The van der Waals surface area contributed by atoms with Crippen LogP contribution in [0.5, 0.6) is 0 Å². The SMILES string of the molecule is Cc1cc(C)c(N2C(c3cc(-c4ccccc4)cc(-n4c5ccccc5c5ccc(-c6cc(C(C)(C)C)ccn6)cc54)c3)=NC(C)(C)[C@]2(C)C(c2ccccc2)c2ccccc2)c(C)c1. The van der Waals surface area contributed by atoms with E-state index in [4.69, 9.17) is 9.98 Å². The number of aliphatic imine (C=N–C) groups is 1. The zero-order chi connectivity index (χ0) is 45.3. The van der Waals surface area contributed by atoms with Crippen molar-refractivity contribution in [2.24, 2.45) is 4.99 Å². The summed E-state index contributed by atoms with van der Waals surface area (Å²) in [5.74, 6) is 0.937. The van der Waals surface area contributed by atoms with Gasteiger partial charge >= 0.3 is 0 Å². The molecular weight excluding hydrogens is 789 g/mol. The van der Waals surface area contributed by atoms with Crippen LogP contribution >= 0.6 is 0 Å². The third kappa shape index (κ3) is 7.17. The van der Waals surface area contributed by atoms with Gasteiger partial charge < -0.3 is 9.47 Å². The van der Waals surface area contributed by atoms with Gasteiger partial charge in [-0.3, -0.25) is 9.98 Å². The maximum Gasteiger partial charge on any atom is 0.136 e. The number of aromatic nitrogens is 2. The molecule has 4 heteroatoms. The van der Waals surface area contributed by atoms with E-state index in [1.54, 1.807) is 0 Å². The minimum absolute atomic E-state index is 0.00429. The summed E-state index contributed by atoms with van der Waals surface area (Å²) in [7, 11) is 0. The second-order valence-electron chi connectivity index (χ2n) is 19.9. The van der Waals surface area contributed by atoms with Gasteiger partial charge in [-0.05, 0) is 128 Å². The van der Waals surface area contributed by atoms with Gasteiger partial charge in [-0.1, -0.05) is 160 Å². The molecule has 1 atom stereocenters. The normalized spacial score (nSPS) is 16.2. The van der Waals surface area contributed by atoms with Crippen LogP contribution in [-0.4, -0.2) is 26.5 Å². The lowest BCUT2D eigenvalue weighted by Crippen LogP contribution is -2.60. The minimum atomic E-state index is -0.560. The van der Waals surface area contributed by atoms with Crippen LogP contribution in [0.1, 0.15) is 86.4 Å². The topological polar surface area (TPSA) is 33.4 Å². The van der Waals surface area contributed by atoms with Gasteiger partial charge in [0.05, 0.1) is 27.8 Å². The molecule has 0 saturated carbocycles. The lowest BCUT2D eigenvalue weighted by Gasteiger charge is -2.50. The molecule has 3 heterocycles. The average molecular weight is 847 g/mol. The third-order valence-corrected chi connectivity index (χ3v) is 14.1. The number of pyridine rings is 1. The Hall–Kier alpha value is -7.04. The molecule has 0 spiro atoms. The number of amidine groups is 1. The number of rotatable bonds is 8. The Morgan fingerprint density at radius 3 is 1.75 bits per heavy atom. The lowest BCUT2D eigenvalue weighted by molar-refractivity contribution is 0.279. The van der Waals surface area contributed by atoms with Gasteiger partial charge in [0.15, 0.2) is 0 Å². The molecule has 1 aliphatic heterocycles. The summed E-state index contributed by atoms with van der Waals surface area (Å²) in [6, 6.07) is 64.8. The van der Waals surface area contributed by atoms with Gasteiger partial charge in [0.2, 0.25) is 0 Å². The minimum Gasteiger partial charge on any atom is -0.316 e. The Labute approximate surface area is 385 Å². The zero-order valence-electron chi connectivity index (χ0n) is 39.2. The largest absolute Gasteiger partial charge is 0.316 e. The van der Waals surface area contributed by atoms with Crippen LogP contribution in [-0.2, 0) is 5.41 Å². The Balaban J connectivity index is 1.26. The van der Waals surface area contributed by atoms with Crippen molar-refractivity contribution in [1.29, 1.82) is 0 Å². The second-order valence-corrected chi connectivity index (χ2v) is 19.9. The lowest BCUT2D eigenvalue weighted by atomic mass is 9.66. The molecule has 0 fully saturated rings. The van der Waals surface area contributed by atoms with E-state index >= 15 is 0 Å². The number of fused-ring (bicyclic) bond motifs is 3. The van der Waals surface area contributed by atoms with Crippen LogP contribution in [0.15, 0.2) is 187 Å². The first-order chi connectivity index (χ1) is 31.2. The fourth-order valence-corrected chi connectivity index (χ4v) is 10.7. The van der Waals surface area contributed by atoms with Crippen LogP contribution in [0.25, 0.3) is 49.9 Å². The average Bonchev–Trinajstić information content (AvgIpc) is 3.74. The van der Waals surface area contributed by atoms with Crippen LogP contribution in [0, 0.1) is 20.8 Å². The molecule has 10 rings (SSSR count). The summed E-state index contributed by atoms with van der Waals surface area (Å²) in [4.78, 5) is 13.5. The summed E-state index contributed by atoms with van der Waals surface area (Å²) in [5, 5.41) is 2.42. The molecule has 0 aliphatic carbocycles. The molecule has 1 aliphatic rings. The fourth-order valence-electron chi connectivity index (χ4n) is 10.7. The van der Waals surface area contributed by atoms with Crippen LogP contribution < -0.4 is 4.90 Å². The van der Waals surface area contributed by atoms with Crippen LogP contribution in [0.3, 0.4) is 0 Å². The molecule has 322 valence electrons. The van der Waals surface area contributed by atoms with Gasteiger partial charge in [-0.15, -0.1) is 0 Å². The Kier molecular flexibility index (Phi) is 10.3. The molecule has 7 aromatic carbocycles. The first kappa shape index (κ1) is 41.9. The summed E-state index contributed by atoms with van der Waals surface area (Å²) < 4.78 is 2.46. The molecule has 0 saturated heterocycles. The summed E-state index contributed by atoms with van der Waals surface area (Å²) in [5.41, 5.74) is 16.4. The van der Waals surface area contributed by atoms with Crippen molar-refractivity contribution in [2.75, 3.05) is 4.90 Å². The zero-order valence-corrected chi connectivity index (χ0v) is 39.2. The van der Waals surface area contributed by atoms with Crippen molar-refractivity contribution in [3.05, 3.63) is 221 Å². The third-order valence-electron chi connectivity index (χ3n) is 14.1. The Bertz CT molecular complexity index is 3200. The first-order valence-electron chi connectivity index (χ1n) is 23.0. The number of nitrogens with zero attached hydrogens (tertiary/aromatic N) is 4. The molecule has 2 aromatic heterocycles. The molecular formula is C61H58N4. The summed E-state index contributed by atoms with van der Waals surface area (Å²) in [6.07, 6.45) is 1.95. The number of para-hydroxylation sites is 1. The van der Waals surface area contributed by atoms with Gasteiger partial charge in [-0.25, -0.2) is 0 Å². The van der Waals surface area contributed by atoms with E-state index in [0.29, 0.717) is 0 Å². The highest BCUT2D eigenvalue weighted by Crippen LogP contribution is 2.54. The van der Waals surface area contributed by atoms with Gasteiger partial charge in [0, 0.05) is 45.4 Å². The summed E-state index contributed by atoms with van der Waals surface area (Å²) >= 11 is 0. The highest BCUT2D eigenvalue weighted by Gasteiger charge is 2.58. The van der Waals surface area contributed by atoms with E-state index in [9.17, 15) is 0 Å². The molecule has 0 bridgehead atoms. The monoisotopic (exact) mass is 846 g/mol. The van der Waals surface area contributed by atoms with E-state index < -0.39 is 11.1 Å². The molecule has 65 heavy (non-hydrogen) atoms. The number of hydrogen-bond donors (Lipinski definition) is 0. The molecule has 0 unspecified atom stereocenters. The van der Waals surface area contributed by atoms with E-state index in [1.807, 2.05) is 6.20 Å². The highest BCUT2D eigenvalue weighted by molar-refractivity contribution is 6.15. The van der Waals surface area contributed by atoms with Crippen molar-refractivity contribution in [3.63, 3.8) is 0 Å². The Morgan fingerprint density at radius 2 is 1.11 bits per heavy atom. The predicted molar refractivity (Wildman–Crippen MR) is 275 cm³/mol. The van der Waals surface area contributed by atoms with E-state index in [0.717, 1.165) is 50.5 Å². The molecule has 0 amide bonds. The van der Waals surface area contributed by atoms with Crippen LogP contribution in [0.4, 0.5) is 5.69 Å². The molecule has 9 aromatic rings. The van der Waals surface area contributed by atoms with Crippen molar-refractivity contribution in [1.82, 2.24) is 9.55 Å². The number of benzene rings is 7. The van der Waals surface area contributed by atoms with Crippen molar-refractivity contribution in [2.45, 2.75) is 84.7 Å². The molecule has 4 nitrogen and oxygen atoms in total. The molecule has 0 radical (unpaired) electrons. The van der Waals surface area contributed by atoms with Gasteiger partial charge in [0.1, 0.15) is 5.84 Å². The van der Waals surface area contributed by atoms with Crippen molar-refractivity contribution in [3.8, 4) is 28.1 Å². The standard InChI is InChI=1S/C61H58N4/c1-40-33-41(2)57(42(3)34-40)65-58(63-60(7,8)61(65,9)56(44-23-15-11-16-24-44)45-25-17-12-18-26-45)48-35-47(43-21-13-10-14-22-43)36-50(37-48)64-54-28-20-19-27-51(54)52-30-29-46(38-55(52)64)53-39-49(31-32-62-53)59(4,5)6/h10-39,56H,1-9H3/t61-/m0/s1. The maximum absolute atomic E-state index is 5.97. The highest BCUT2D eigenvalue weighted by atomic mass is 15.3. The fraction of sp³-hybridized carbons (Fsp3) is 0.213. The van der Waals surface area contributed by atoms with Gasteiger partial charge in [-0.2, -0.15) is 0 Å². The second kappa shape index (κ2) is 15.9. The summed E-state index contributed by atoms with van der Waals surface area (Å²) in [6.45, 7) is 20.6. The van der Waals surface area contributed by atoms with E-state index in [-0.39, 0.29) is 11.3 Å². The van der Waals surface area contributed by atoms with E-state index in [1.165, 1.54) is 49.8 Å². The quantitative estimate of drug-likeness (QED) is 0.153. The maximum atomic E-state index is 5.97. The first-order valence-corrected chi connectivity index (χ1v) is 23.0. The smallest absolute Gasteiger partial charge is 0.136 e. The predicted octanol–water partition coefficient (Wildman–Crippen LogP) is 15.4. The van der Waals surface area contributed by atoms with Crippen molar-refractivity contribution >= 4 is 33.3 Å². The van der Waals surface area contributed by atoms with Crippen molar-refractivity contribution < 1.29 is 0 Å². The van der Waals surface area contributed by atoms with E-state index in [2.05, 4.69) is 248 Å². The molecule has 0 N–H and O–H groups in total. The number of anilines is 1. The Morgan fingerprint density at radius 1 is 0.523 bits per heavy atom.